The van der Waals surface area contributed by atoms with E-state index < -0.39 is 11.5 Å². The average molecular weight is 516 g/mol. The van der Waals surface area contributed by atoms with Crippen LogP contribution in [0, 0.1) is 0 Å². The van der Waals surface area contributed by atoms with Gasteiger partial charge in [0.25, 0.3) is 5.91 Å². The van der Waals surface area contributed by atoms with Gasteiger partial charge in [0.05, 0.1) is 18.3 Å². The maximum Gasteiger partial charge on any atom is 0.256 e. The van der Waals surface area contributed by atoms with Gasteiger partial charge in [-0.05, 0) is 55.5 Å². The first-order valence-electron chi connectivity index (χ1n) is 11.6. The van der Waals surface area contributed by atoms with Crippen LogP contribution in [-0.4, -0.2) is 52.0 Å². The second-order valence-electron chi connectivity index (χ2n) is 8.83. The van der Waals surface area contributed by atoms with E-state index in [-0.39, 0.29) is 18.4 Å². The quantitative estimate of drug-likeness (QED) is 0.390. The molecule has 10 heteroatoms. The Labute approximate surface area is 215 Å². The number of amides is 1. The summed E-state index contributed by atoms with van der Waals surface area (Å²) in [6.45, 7) is 1.77. The molecule has 0 radical (unpaired) electrons. The van der Waals surface area contributed by atoms with Crippen LogP contribution in [0.25, 0.3) is 11.0 Å². The summed E-state index contributed by atoms with van der Waals surface area (Å²) in [6.07, 6.45) is 3.88. The van der Waals surface area contributed by atoms with Crippen molar-refractivity contribution in [1.82, 2.24) is 15.3 Å². The Bertz CT molecular complexity index is 1200. The summed E-state index contributed by atoms with van der Waals surface area (Å²) in [5.74, 6) is 1.14. The maximum atomic E-state index is 13.0. The SMILES string of the molecule is COc1ccc2nccc(NC(=O)C3(O)CCC(NCc4ccc5c(c4)NCCS5)CC3)c2n1.Cl. The van der Waals surface area contributed by atoms with E-state index >= 15 is 0 Å². The van der Waals surface area contributed by atoms with Crippen molar-refractivity contribution in [3.63, 3.8) is 0 Å². The molecule has 186 valence electrons. The molecule has 8 nitrogen and oxygen atoms in total. The highest BCUT2D eigenvalue weighted by molar-refractivity contribution is 7.99. The molecule has 0 unspecified atom stereocenters. The highest BCUT2D eigenvalue weighted by Gasteiger charge is 2.40. The Hall–Kier alpha value is -2.59. The van der Waals surface area contributed by atoms with Crippen LogP contribution in [0.5, 0.6) is 5.88 Å². The summed E-state index contributed by atoms with van der Waals surface area (Å²) in [7, 11) is 1.54. The fourth-order valence-electron chi connectivity index (χ4n) is 4.55. The van der Waals surface area contributed by atoms with Gasteiger partial charge in [-0.1, -0.05) is 6.07 Å². The minimum Gasteiger partial charge on any atom is -0.481 e. The molecule has 1 saturated carbocycles. The average Bonchev–Trinajstić information content (AvgIpc) is 2.88. The number of carbonyl (C=O) groups excluding carboxylic acids is 1. The van der Waals surface area contributed by atoms with E-state index in [9.17, 15) is 9.90 Å². The topological polar surface area (TPSA) is 108 Å². The first kappa shape index (κ1) is 25.5. The van der Waals surface area contributed by atoms with Gasteiger partial charge in [-0.2, -0.15) is 0 Å². The van der Waals surface area contributed by atoms with E-state index in [2.05, 4.69) is 44.1 Å². The number of fused-ring (bicyclic) bond motifs is 2. The maximum absolute atomic E-state index is 13.0. The normalized spacial score (nSPS) is 21.4. The van der Waals surface area contributed by atoms with Gasteiger partial charge in [0.15, 0.2) is 0 Å². The third kappa shape index (κ3) is 5.64. The van der Waals surface area contributed by atoms with E-state index in [0.717, 1.165) is 31.7 Å². The molecule has 0 spiro atoms. The van der Waals surface area contributed by atoms with Gasteiger partial charge in [0.2, 0.25) is 5.88 Å². The molecule has 2 aromatic heterocycles. The van der Waals surface area contributed by atoms with Crippen molar-refractivity contribution in [3.05, 3.63) is 48.2 Å². The predicted molar refractivity (Wildman–Crippen MR) is 142 cm³/mol. The number of pyridine rings is 2. The second-order valence-corrected chi connectivity index (χ2v) is 9.96. The Morgan fingerprint density at radius 2 is 2.09 bits per heavy atom. The van der Waals surface area contributed by atoms with Gasteiger partial charge in [0.1, 0.15) is 11.1 Å². The number of methoxy groups -OCH3 is 1. The third-order valence-corrected chi connectivity index (χ3v) is 7.64. The fraction of sp³-hybridized carbons (Fsp3) is 0.400. The molecule has 1 amide bonds. The number of ether oxygens (including phenoxy) is 1. The monoisotopic (exact) mass is 515 g/mol. The van der Waals surface area contributed by atoms with Crippen LogP contribution in [-0.2, 0) is 11.3 Å². The summed E-state index contributed by atoms with van der Waals surface area (Å²) in [6, 6.07) is 12.0. The van der Waals surface area contributed by atoms with Crippen molar-refractivity contribution in [3.8, 4) is 5.88 Å². The molecule has 4 N–H and O–H groups in total. The Morgan fingerprint density at radius 3 is 2.89 bits per heavy atom. The predicted octanol–water partition coefficient (Wildman–Crippen LogP) is 3.98. The molecule has 1 aliphatic heterocycles. The van der Waals surface area contributed by atoms with Crippen molar-refractivity contribution in [2.45, 2.75) is 48.8 Å². The molecule has 3 aromatic rings. The van der Waals surface area contributed by atoms with Crippen LogP contribution in [0.1, 0.15) is 31.2 Å². The smallest absolute Gasteiger partial charge is 0.256 e. The number of halogens is 1. The minimum absolute atomic E-state index is 0. The molecule has 3 heterocycles. The van der Waals surface area contributed by atoms with Crippen LogP contribution < -0.4 is 20.7 Å². The number of aromatic nitrogens is 2. The number of hydrogen-bond donors (Lipinski definition) is 4. The number of rotatable bonds is 6. The molecule has 5 rings (SSSR count). The highest BCUT2D eigenvalue weighted by atomic mass is 35.5. The van der Waals surface area contributed by atoms with E-state index in [1.54, 1.807) is 31.5 Å². The van der Waals surface area contributed by atoms with E-state index in [4.69, 9.17) is 4.74 Å². The Morgan fingerprint density at radius 1 is 1.26 bits per heavy atom. The molecule has 2 aliphatic rings. The fourth-order valence-corrected chi connectivity index (χ4v) is 5.42. The zero-order valence-electron chi connectivity index (χ0n) is 19.5. The van der Waals surface area contributed by atoms with Crippen LogP contribution in [0.15, 0.2) is 47.5 Å². The number of nitrogens with zero attached hydrogens (tertiary/aromatic N) is 2. The van der Waals surface area contributed by atoms with E-state index in [1.807, 2.05) is 11.8 Å². The highest BCUT2D eigenvalue weighted by Crippen LogP contribution is 2.33. The number of benzene rings is 1. The number of anilines is 2. The molecule has 1 aliphatic carbocycles. The van der Waals surface area contributed by atoms with Crippen molar-refractivity contribution in [1.29, 1.82) is 0 Å². The molecule has 0 atom stereocenters. The van der Waals surface area contributed by atoms with Crippen LogP contribution in [0.4, 0.5) is 11.4 Å². The molecule has 0 bridgehead atoms. The van der Waals surface area contributed by atoms with E-state index in [0.29, 0.717) is 35.4 Å². The second kappa shape index (κ2) is 11.0. The van der Waals surface area contributed by atoms with Crippen molar-refractivity contribution in [2.24, 2.45) is 0 Å². The molecule has 1 aromatic carbocycles. The molecule has 0 saturated heterocycles. The van der Waals surface area contributed by atoms with Gasteiger partial charge >= 0.3 is 0 Å². The lowest BCUT2D eigenvalue weighted by Gasteiger charge is -2.35. The first-order chi connectivity index (χ1) is 16.5. The number of nitrogens with one attached hydrogen (secondary N) is 3. The van der Waals surface area contributed by atoms with Crippen LogP contribution in [0.2, 0.25) is 0 Å². The van der Waals surface area contributed by atoms with Gasteiger partial charge < -0.3 is 25.8 Å². The first-order valence-corrected chi connectivity index (χ1v) is 12.6. The lowest BCUT2D eigenvalue weighted by atomic mass is 9.81. The third-order valence-electron chi connectivity index (χ3n) is 6.57. The molecule has 1 fully saturated rings. The zero-order valence-corrected chi connectivity index (χ0v) is 21.2. The standard InChI is InChI=1S/C25H29N5O3S.ClH/c1-33-22-5-3-18-23(30-22)19(8-11-26-18)29-24(31)25(32)9-6-17(7-10-25)28-15-16-2-4-21-20(14-16)27-12-13-34-21;/h2-5,8,11,14,17,27-28,32H,6-7,9-10,12-13,15H2,1H3,(H,26,29,31);1H. The molecular weight excluding hydrogens is 486 g/mol. The summed E-state index contributed by atoms with van der Waals surface area (Å²) < 4.78 is 5.20. The van der Waals surface area contributed by atoms with Gasteiger partial charge in [-0.15, -0.1) is 24.2 Å². The number of thioether (sulfide) groups is 1. The summed E-state index contributed by atoms with van der Waals surface area (Å²) >= 11 is 1.89. The van der Waals surface area contributed by atoms with Crippen LogP contribution >= 0.6 is 24.2 Å². The Kier molecular flexibility index (Phi) is 8.01. The lowest BCUT2D eigenvalue weighted by molar-refractivity contribution is -0.137. The Balaban J connectivity index is 0.00000289. The molecule has 35 heavy (non-hydrogen) atoms. The molecular formula is C25H30ClN5O3S. The number of carbonyl (C=O) groups is 1. The number of aliphatic hydroxyl groups is 1. The van der Waals surface area contributed by atoms with Gasteiger partial charge in [-0.25, -0.2) is 4.98 Å². The summed E-state index contributed by atoms with van der Waals surface area (Å²) in [4.78, 5) is 23.0. The largest absolute Gasteiger partial charge is 0.481 e. The zero-order chi connectivity index (χ0) is 23.5. The minimum atomic E-state index is -1.40. The van der Waals surface area contributed by atoms with E-state index in [1.165, 1.54) is 16.1 Å². The number of hydrogen-bond acceptors (Lipinski definition) is 8. The van der Waals surface area contributed by atoms with Gasteiger partial charge in [0, 0.05) is 47.7 Å². The summed E-state index contributed by atoms with van der Waals surface area (Å²) in [5, 5.41) is 21.0. The summed E-state index contributed by atoms with van der Waals surface area (Å²) in [5.41, 5.74) is 2.74. The van der Waals surface area contributed by atoms with Gasteiger partial charge in [-0.3, -0.25) is 9.78 Å². The van der Waals surface area contributed by atoms with Crippen molar-refractivity contribution < 1.29 is 14.6 Å². The lowest BCUT2D eigenvalue weighted by Crippen LogP contribution is -2.48. The van der Waals surface area contributed by atoms with Crippen molar-refractivity contribution >= 4 is 52.5 Å². The van der Waals surface area contributed by atoms with Crippen LogP contribution in [0.3, 0.4) is 0 Å². The van der Waals surface area contributed by atoms with Crippen molar-refractivity contribution in [2.75, 3.05) is 30.0 Å².